The van der Waals surface area contributed by atoms with Crippen LogP contribution >= 0.6 is 0 Å². The summed E-state index contributed by atoms with van der Waals surface area (Å²) >= 11 is -1.56. The highest BCUT2D eigenvalue weighted by atomic mass is 32.2. The van der Waals surface area contributed by atoms with E-state index >= 15 is 0 Å². The second-order valence-electron chi connectivity index (χ2n) is 3.83. The second-order valence-corrected chi connectivity index (χ2v) is 4.80. The number of rotatable bonds is 2. The zero-order chi connectivity index (χ0) is 7.84. The van der Waals surface area contributed by atoms with Crippen LogP contribution in [-0.2, 0) is 11.1 Å². The van der Waals surface area contributed by atoms with Gasteiger partial charge in [-0.3, -0.25) is 0 Å². The van der Waals surface area contributed by atoms with E-state index in [-0.39, 0.29) is 0 Å². The summed E-state index contributed by atoms with van der Waals surface area (Å²) in [5, 5.41) is 0. The Balaban J connectivity index is 1.90. The van der Waals surface area contributed by atoms with E-state index in [1.54, 1.807) is 0 Å². The maximum Gasteiger partial charge on any atom is 0.153 e. The summed E-state index contributed by atoms with van der Waals surface area (Å²) in [4.78, 5) is 0. The zero-order valence-corrected chi connectivity index (χ0v) is 7.35. The van der Waals surface area contributed by atoms with Crippen LogP contribution in [0.25, 0.3) is 0 Å². The first-order chi connectivity index (χ1) is 5.27. The lowest BCUT2D eigenvalue weighted by molar-refractivity contribution is 0.181. The van der Waals surface area contributed by atoms with Gasteiger partial charge in [-0.05, 0) is 43.4 Å². The Morgan fingerprint density at radius 1 is 1.27 bits per heavy atom. The van der Waals surface area contributed by atoms with E-state index in [2.05, 4.69) is 0 Å². The highest BCUT2D eigenvalue weighted by molar-refractivity contribution is 7.79. The predicted molar refractivity (Wildman–Crippen MR) is 44.6 cm³/mol. The Bertz CT molecular complexity index is 181. The molecule has 2 rings (SSSR count). The van der Waals surface area contributed by atoms with Gasteiger partial charge in [-0.25, -0.2) is 4.21 Å². The van der Waals surface area contributed by atoms with Crippen LogP contribution in [0.3, 0.4) is 0 Å². The van der Waals surface area contributed by atoms with Gasteiger partial charge in [0, 0.05) is 0 Å². The topological polar surface area (TPSA) is 37.3 Å². The van der Waals surface area contributed by atoms with Crippen LogP contribution in [0, 0.1) is 17.8 Å². The molecule has 0 aromatic carbocycles. The molecule has 2 nitrogen and oxygen atoms in total. The summed E-state index contributed by atoms with van der Waals surface area (Å²) in [6, 6.07) is 0. The van der Waals surface area contributed by atoms with Gasteiger partial charge in [0.1, 0.15) is 0 Å². The van der Waals surface area contributed by atoms with Gasteiger partial charge in [0.25, 0.3) is 0 Å². The van der Waals surface area contributed by atoms with Gasteiger partial charge in [-0.2, -0.15) is 0 Å². The molecule has 1 N–H and O–H groups in total. The lowest BCUT2D eigenvalue weighted by Crippen LogP contribution is -2.27. The van der Waals surface area contributed by atoms with Gasteiger partial charge in [0.2, 0.25) is 0 Å². The molecular weight excluding hydrogens is 160 g/mol. The summed E-state index contributed by atoms with van der Waals surface area (Å²) in [7, 11) is 0. The Hall–Kier alpha value is 0.110. The quantitative estimate of drug-likeness (QED) is 0.646. The van der Waals surface area contributed by atoms with E-state index in [0.29, 0.717) is 11.7 Å². The lowest BCUT2D eigenvalue weighted by Gasteiger charge is -2.33. The van der Waals surface area contributed by atoms with Gasteiger partial charge in [0.15, 0.2) is 11.1 Å². The van der Waals surface area contributed by atoms with Crippen molar-refractivity contribution in [2.24, 2.45) is 17.8 Å². The van der Waals surface area contributed by atoms with Crippen LogP contribution in [0.4, 0.5) is 0 Å². The molecule has 11 heavy (non-hydrogen) atoms. The van der Waals surface area contributed by atoms with Crippen molar-refractivity contribution in [1.29, 1.82) is 0 Å². The molecule has 4 atom stereocenters. The number of fused-ring (bicyclic) bond motifs is 1. The summed E-state index contributed by atoms with van der Waals surface area (Å²) in [6.45, 7) is 0. The molecule has 0 bridgehead atoms. The fraction of sp³-hybridized carbons (Fsp3) is 1.00. The molecule has 0 heterocycles. The van der Waals surface area contributed by atoms with E-state index in [1.165, 1.54) is 25.7 Å². The minimum atomic E-state index is -1.56. The van der Waals surface area contributed by atoms with Crippen LogP contribution in [-0.4, -0.2) is 14.5 Å². The predicted octanol–water partition coefficient (Wildman–Crippen LogP) is 1.64. The minimum absolute atomic E-state index is 0.529. The maximum absolute atomic E-state index is 10.5. The van der Waals surface area contributed by atoms with Gasteiger partial charge in [-0.1, -0.05) is 0 Å². The summed E-state index contributed by atoms with van der Waals surface area (Å²) in [6.07, 6.45) is 5.19. The molecule has 0 aromatic rings. The smallest absolute Gasteiger partial charge is 0.153 e. The maximum atomic E-state index is 10.5. The highest BCUT2D eigenvalue weighted by Crippen LogP contribution is 2.50. The van der Waals surface area contributed by atoms with E-state index in [1.807, 2.05) is 0 Å². The van der Waals surface area contributed by atoms with Crippen LogP contribution in [0.5, 0.6) is 0 Å². The highest BCUT2D eigenvalue weighted by Gasteiger charge is 2.42. The molecule has 2 aliphatic carbocycles. The van der Waals surface area contributed by atoms with E-state index in [0.717, 1.165) is 11.8 Å². The third-order valence-corrected chi connectivity index (χ3v) is 4.06. The standard InChI is InChI=1S/C8H14O2S/c9-11(10)5-7-2-1-6-3-4-8(6)7/h6-8H,1-5H2,(H,9,10)/t6?,7-,8?/m1/s1. The molecule has 0 aliphatic heterocycles. The number of hydrogen-bond acceptors (Lipinski definition) is 1. The van der Waals surface area contributed by atoms with Crippen molar-refractivity contribution in [2.75, 3.05) is 5.75 Å². The van der Waals surface area contributed by atoms with Gasteiger partial charge < -0.3 is 4.55 Å². The van der Waals surface area contributed by atoms with E-state index in [9.17, 15) is 4.21 Å². The average molecular weight is 174 g/mol. The summed E-state index contributed by atoms with van der Waals surface area (Å²) < 4.78 is 19.3. The molecule has 0 amide bonds. The van der Waals surface area contributed by atoms with Crippen molar-refractivity contribution in [2.45, 2.75) is 25.7 Å². The molecule has 3 unspecified atom stereocenters. The lowest BCUT2D eigenvalue weighted by atomic mass is 9.73. The number of hydrogen-bond donors (Lipinski definition) is 1. The van der Waals surface area contributed by atoms with Gasteiger partial charge in [-0.15, -0.1) is 0 Å². The molecule has 2 saturated carbocycles. The van der Waals surface area contributed by atoms with Crippen LogP contribution in [0.15, 0.2) is 0 Å². The third kappa shape index (κ3) is 1.36. The van der Waals surface area contributed by atoms with E-state index in [4.69, 9.17) is 4.55 Å². The van der Waals surface area contributed by atoms with Crippen molar-refractivity contribution in [3.05, 3.63) is 0 Å². The normalized spacial score (nSPS) is 44.6. The molecule has 2 fully saturated rings. The van der Waals surface area contributed by atoms with Crippen LogP contribution in [0.1, 0.15) is 25.7 Å². The van der Waals surface area contributed by atoms with Gasteiger partial charge in [0.05, 0.1) is 5.75 Å². The molecule has 0 saturated heterocycles. The zero-order valence-electron chi connectivity index (χ0n) is 6.53. The fourth-order valence-electron chi connectivity index (χ4n) is 2.61. The summed E-state index contributed by atoms with van der Waals surface area (Å²) in [5.41, 5.74) is 0. The Labute approximate surface area is 69.7 Å². The fourth-order valence-corrected chi connectivity index (χ4v) is 3.39. The minimum Gasteiger partial charge on any atom is -0.306 e. The average Bonchev–Trinajstić information content (AvgIpc) is 2.05. The van der Waals surface area contributed by atoms with Crippen molar-refractivity contribution in [1.82, 2.24) is 0 Å². The SMILES string of the molecule is O=S(O)C[C@H]1CCC2CCC21. The largest absolute Gasteiger partial charge is 0.306 e. The van der Waals surface area contributed by atoms with Gasteiger partial charge >= 0.3 is 0 Å². The molecule has 3 heteroatoms. The Morgan fingerprint density at radius 3 is 2.45 bits per heavy atom. The van der Waals surface area contributed by atoms with Crippen LogP contribution < -0.4 is 0 Å². The van der Waals surface area contributed by atoms with Crippen LogP contribution in [0.2, 0.25) is 0 Å². The third-order valence-electron chi connectivity index (χ3n) is 3.35. The molecule has 0 aromatic heterocycles. The van der Waals surface area contributed by atoms with Crippen molar-refractivity contribution >= 4 is 11.1 Å². The molecule has 2 aliphatic rings. The molecular formula is C8H14O2S. The first-order valence-corrected chi connectivity index (χ1v) is 5.62. The van der Waals surface area contributed by atoms with Crippen molar-refractivity contribution in [3.8, 4) is 0 Å². The second kappa shape index (κ2) is 2.87. The monoisotopic (exact) mass is 174 g/mol. The van der Waals surface area contributed by atoms with E-state index < -0.39 is 11.1 Å². The summed E-state index contributed by atoms with van der Waals surface area (Å²) in [5.74, 6) is 2.83. The first kappa shape index (κ1) is 7.74. The molecule has 64 valence electrons. The first-order valence-electron chi connectivity index (χ1n) is 4.35. The van der Waals surface area contributed by atoms with Crippen molar-refractivity contribution < 1.29 is 8.76 Å². The Morgan fingerprint density at radius 2 is 2.00 bits per heavy atom. The Kier molecular flexibility index (Phi) is 2.02. The van der Waals surface area contributed by atoms with Crippen molar-refractivity contribution in [3.63, 3.8) is 0 Å². The molecule has 0 spiro atoms. The molecule has 0 radical (unpaired) electrons.